The molecule has 0 aliphatic carbocycles. The number of hydrogen-bond donors (Lipinski definition) is 0. The molecule has 0 radical (unpaired) electrons. The van der Waals surface area contributed by atoms with Crippen LogP contribution in [0.4, 0.5) is 0 Å². The maximum atomic E-state index is 9.76. The first-order valence-electron chi connectivity index (χ1n) is 10.9. The van der Waals surface area contributed by atoms with Gasteiger partial charge in [0.05, 0.1) is 38.0 Å². The van der Waals surface area contributed by atoms with Gasteiger partial charge in [-0.2, -0.15) is 5.26 Å². The molecule has 0 aromatic heterocycles. The van der Waals surface area contributed by atoms with Gasteiger partial charge < -0.3 is 23.7 Å². The van der Waals surface area contributed by atoms with Crippen molar-refractivity contribution in [2.75, 3.05) is 34.5 Å². The lowest BCUT2D eigenvalue weighted by Crippen LogP contribution is -2.10. The van der Waals surface area contributed by atoms with Crippen molar-refractivity contribution in [3.8, 4) is 34.8 Å². The van der Waals surface area contributed by atoms with Crippen LogP contribution in [-0.2, 0) is 0 Å². The van der Waals surface area contributed by atoms with Crippen molar-refractivity contribution in [1.29, 1.82) is 5.26 Å². The number of nitriles is 1. The Labute approximate surface area is 211 Å². The van der Waals surface area contributed by atoms with Crippen LogP contribution < -0.4 is 23.7 Å². The van der Waals surface area contributed by atoms with Crippen molar-refractivity contribution in [1.82, 2.24) is 0 Å². The fourth-order valence-electron chi connectivity index (χ4n) is 3.42. The van der Waals surface area contributed by atoms with Gasteiger partial charge in [0.2, 0.25) is 0 Å². The molecule has 0 aliphatic heterocycles. The Morgan fingerprint density at radius 3 is 2.20 bits per heavy atom. The lowest BCUT2D eigenvalue weighted by Gasteiger charge is -2.14. The summed E-state index contributed by atoms with van der Waals surface area (Å²) in [5, 5.41) is 10.1. The number of hydrogen-bond acceptors (Lipinski definition) is 6. The van der Waals surface area contributed by atoms with Gasteiger partial charge in [-0.05, 0) is 84.6 Å². The third-order valence-electron chi connectivity index (χ3n) is 5.45. The fraction of sp³-hybridized carbons (Fsp3) is 0.250. The summed E-state index contributed by atoms with van der Waals surface area (Å²) in [7, 11) is 4.65. The van der Waals surface area contributed by atoms with Gasteiger partial charge in [-0.15, -0.1) is 0 Å². The zero-order valence-electron chi connectivity index (χ0n) is 20.5. The highest BCUT2D eigenvalue weighted by Gasteiger charge is 2.14. The molecule has 0 N–H and O–H groups in total. The minimum atomic E-state index is 0.285. The summed E-state index contributed by atoms with van der Waals surface area (Å²) < 4.78 is 27.8. The molecule has 0 aliphatic rings. The van der Waals surface area contributed by atoms with E-state index in [1.807, 2.05) is 25.1 Å². The Balaban J connectivity index is 1.76. The number of halogens is 1. The first-order valence-corrected chi connectivity index (χ1v) is 11.3. The molecule has 0 unspecified atom stereocenters. The molecule has 6 nitrogen and oxygen atoms in total. The number of rotatable bonds is 10. The van der Waals surface area contributed by atoms with E-state index in [0.717, 1.165) is 5.75 Å². The molecule has 182 valence electrons. The lowest BCUT2D eigenvalue weighted by atomic mass is 10.0. The number of allylic oxidation sites excluding steroid dienone is 1. The summed E-state index contributed by atoms with van der Waals surface area (Å²) in [5.74, 6) is 2.78. The number of benzene rings is 3. The van der Waals surface area contributed by atoms with Gasteiger partial charge in [0.25, 0.3) is 0 Å². The van der Waals surface area contributed by atoms with E-state index < -0.39 is 0 Å². The first kappa shape index (κ1) is 25.8. The third-order valence-corrected chi connectivity index (χ3v) is 5.74. The predicted octanol–water partition coefficient (Wildman–Crippen LogP) is 6.50. The summed E-state index contributed by atoms with van der Waals surface area (Å²) in [4.78, 5) is 0. The topological polar surface area (TPSA) is 69.9 Å². The summed E-state index contributed by atoms with van der Waals surface area (Å²) in [6.45, 7) is 4.74. The molecule has 0 bridgehead atoms. The second-order valence-electron chi connectivity index (χ2n) is 7.72. The van der Waals surface area contributed by atoms with Crippen molar-refractivity contribution in [3.63, 3.8) is 0 Å². The molecule has 3 aromatic rings. The molecule has 35 heavy (non-hydrogen) atoms. The molecule has 3 aromatic carbocycles. The van der Waals surface area contributed by atoms with Crippen LogP contribution in [0.1, 0.15) is 22.3 Å². The van der Waals surface area contributed by atoms with Crippen LogP contribution in [0.5, 0.6) is 28.7 Å². The Kier molecular flexibility index (Phi) is 8.88. The smallest absolute Gasteiger partial charge is 0.179 e. The van der Waals surface area contributed by atoms with Crippen molar-refractivity contribution < 1.29 is 23.7 Å². The Bertz CT molecular complexity index is 1260. The number of ether oxygens (including phenoxy) is 5. The van der Waals surface area contributed by atoms with Gasteiger partial charge in [0, 0.05) is 0 Å². The molecule has 0 amide bonds. The minimum Gasteiger partial charge on any atom is -0.493 e. The summed E-state index contributed by atoms with van der Waals surface area (Å²) in [6, 6.07) is 17.0. The second-order valence-corrected chi connectivity index (χ2v) is 8.12. The van der Waals surface area contributed by atoms with E-state index in [0.29, 0.717) is 51.3 Å². The maximum absolute atomic E-state index is 9.76. The summed E-state index contributed by atoms with van der Waals surface area (Å²) >= 11 is 6.51. The van der Waals surface area contributed by atoms with Crippen LogP contribution in [0.2, 0.25) is 5.02 Å². The van der Waals surface area contributed by atoms with E-state index in [-0.39, 0.29) is 6.61 Å². The number of nitrogens with zero attached hydrogens (tertiary/aromatic N) is 1. The Morgan fingerprint density at radius 1 is 0.829 bits per heavy atom. The van der Waals surface area contributed by atoms with Crippen molar-refractivity contribution in [2.24, 2.45) is 0 Å². The van der Waals surface area contributed by atoms with Crippen LogP contribution in [-0.4, -0.2) is 34.5 Å². The molecule has 7 heteroatoms. The van der Waals surface area contributed by atoms with Crippen LogP contribution in [0.15, 0.2) is 48.5 Å². The average Bonchev–Trinajstić information content (AvgIpc) is 2.87. The van der Waals surface area contributed by atoms with Gasteiger partial charge in [0.1, 0.15) is 19.0 Å². The first-order chi connectivity index (χ1) is 16.9. The molecule has 0 saturated carbocycles. The van der Waals surface area contributed by atoms with Crippen molar-refractivity contribution in [3.05, 3.63) is 75.8 Å². The number of aryl methyl sites for hydroxylation is 2. The van der Waals surface area contributed by atoms with E-state index in [2.05, 4.69) is 13.0 Å². The number of methoxy groups -OCH3 is 3. The molecule has 0 saturated heterocycles. The molecule has 0 spiro atoms. The van der Waals surface area contributed by atoms with Crippen molar-refractivity contribution >= 4 is 23.3 Å². The quantitative estimate of drug-likeness (QED) is 0.182. The summed E-state index contributed by atoms with van der Waals surface area (Å²) in [6.07, 6.45) is 1.72. The van der Waals surface area contributed by atoms with E-state index in [9.17, 15) is 5.26 Å². The fourth-order valence-corrected chi connectivity index (χ4v) is 3.69. The van der Waals surface area contributed by atoms with Gasteiger partial charge >= 0.3 is 0 Å². The third kappa shape index (κ3) is 6.40. The predicted molar refractivity (Wildman–Crippen MR) is 138 cm³/mol. The molecule has 3 rings (SSSR count). The van der Waals surface area contributed by atoms with Crippen LogP contribution in [0.25, 0.3) is 11.6 Å². The zero-order chi connectivity index (χ0) is 25.4. The van der Waals surface area contributed by atoms with E-state index in [1.165, 1.54) is 18.2 Å². The van der Waals surface area contributed by atoms with Crippen LogP contribution >= 0.6 is 11.6 Å². The lowest BCUT2D eigenvalue weighted by molar-refractivity contribution is 0.211. The average molecular weight is 494 g/mol. The van der Waals surface area contributed by atoms with E-state index in [1.54, 1.807) is 50.6 Å². The Morgan fingerprint density at radius 2 is 1.54 bits per heavy atom. The highest BCUT2D eigenvalue weighted by molar-refractivity contribution is 6.32. The molecular weight excluding hydrogens is 466 g/mol. The maximum Gasteiger partial charge on any atom is 0.179 e. The van der Waals surface area contributed by atoms with Crippen molar-refractivity contribution in [2.45, 2.75) is 13.8 Å². The molecular formula is C28H28ClNO5. The molecule has 0 heterocycles. The normalized spacial score (nSPS) is 10.9. The van der Waals surface area contributed by atoms with Gasteiger partial charge in [-0.25, -0.2) is 0 Å². The zero-order valence-corrected chi connectivity index (χ0v) is 21.2. The van der Waals surface area contributed by atoms with Crippen LogP contribution in [0, 0.1) is 25.2 Å². The monoisotopic (exact) mass is 493 g/mol. The SMILES string of the molecule is COc1ccc(C(C#N)=Cc2cc(Cl)c(OCCOc3ccc(C)c(C)c3)c(OC)c2)cc1OC. The van der Waals surface area contributed by atoms with Gasteiger partial charge in [-0.3, -0.25) is 0 Å². The summed E-state index contributed by atoms with van der Waals surface area (Å²) in [5.41, 5.74) is 4.19. The molecule has 0 atom stereocenters. The van der Waals surface area contributed by atoms with E-state index in [4.69, 9.17) is 35.3 Å². The minimum absolute atomic E-state index is 0.285. The van der Waals surface area contributed by atoms with E-state index >= 15 is 0 Å². The van der Waals surface area contributed by atoms with Crippen LogP contribution in [0.3, 0.4) is 0 Å². The second kappa shape index (κ2) is 12.0. The highest BCUT2D eigenvalue weighted by Crippen LogP contribution is 2.38. The van der Waals surface area contributed by atoms with Gasteiger partial charge in [-0.1, -0.05) is 17.7 Å². The molecule has 0 fully saturated rings. The largest absolute Gasteiger partial charge is 0.493 e. The Hall–Kier alpha value is -3.82. The van der Waals surface area contributed by atoms with Gasteiger partial charge in [0.15, 0.2) is 23.0 Å². The highest BCUT2D eigenvalue weighted by atomic mass is 35.5. The standard InChI is InChI=1S/C28H28ClNO5/c1-18-6-8-23(12-19(18)2)34-10-11-35-28-24(29)14-20(15-27(28)33-5)13-22(17-30)21-7-9-25(31-3)26(16-21)32-4/h6-9,12-16H,10-11H2,1-5H3.